The van der Waals surface area contributed by atoms with E-state index in [2.05, 4.69) is 56.0 Å². The first kappa shape index (κ1) is 44.1. The summed E-state index contributed by atoms with van der Waals surface area (Å²) in [7, 11) is -4.58. The third-order valence-corrected chi connectivity index (χ3v) is 14.5. The number of amides is 1. The molecule has 63 heavy (non-hydrogen) atoms. The number of H-pyrrole nitrogens is 1. The number of piperazine rings is 1. The van der Waals surface area contributed by atoms with E-state index in [9.17, 15) is 28.4 Å². The van der Waals surface area contributed by atoms with E-state index >= 15 is 0 Å². The number of aliphatic hydroxyl groups is 1. The highest BCUT2D eigenvalue weighted by Gasteiger charge is 2.32. The molecule has 14 nitrogen and oxygen atoms in total. The molecule has 2 fully saturated rings. The van der Waals surface area contributed by atoms with Crippen LogP contribution in [0.5, 0.6) is 11.5 Å². The molecule has 0 spiro atoms. The van der Waals surface area contributed by atoms with Gasteiger partial charge in [-0.2, -0.15) is 5.10 Å². The van der Waals surface area contributed by atoms with Gasteiger partial charge in [-0.1, -0.05) is 49.2 Å². The summed E-state index contributed by atoms with van der Waals surface area (Å²) in [6.45, 7) is 10.9. The first-order valence-electron chi connectivity index (χ1n) is 21.5. The van der Waals surface area contributed by atoms with Crippen LogP contribution in [0.15, 0.2) is 95.5 Å². The lowest BCUT2D eigenvalue weighted by atomic mass is 9.72. The number of nitrogens with one attached hydrogen (secondary N) is 3. The number of nitro groups is 1. The molecule has 332 valence electrons. The second-order valence-corrected chi connectivity index (χ2v) is 20.4. The average molecular weight is 897 g/mol. The van der Waals surface area contributed by atoms with Gasteiger partial charge in [-0.05, 0) is 123 Å². The maximum Gasteiger partial charge on any atom is 0.293 e. The molecule has 5 aromatic rings. The molecule has 0 bridgehead atoms. The molecule has 2 heterocycles. The second-order valence-electron chi connectivity index (χ2n) is 18.3. The van der Waals surface area contributed by atoms with Crippen molar-refractivity contribution >= 4 is 61.1 Å². The van der Waals surface area contributed by atoms with Crippen LogP contribution in [0.1, 0.15) is 81.6 Å². The Bertz CT molecular complexity index is 2650. The first-order valence-corrected chi connectivity index (χ1v) is 23.4. The maximum absolute atomic E-state index is 14.0. The van der Waals surface area contributed by atoms with Crippen molar-refractivity contribution in [3.63, 3.8) is 0 Å². The van der Waals surface area contributed by atoms with Crippen molar-refractivity contribution in [3.8, 4) is 11.5 Å². The van der Waals surface area contributed by atoms with Crippen LogP contribution in [0, 0.1) is 21.4 Å². The quantitative estimate of drug-likeness (QED) is 0.0653. The number of hydrogen-bond acceptors (Lipinski definition) is 11. The van der Waals surface area contributed by atoms with Crippen LogP contribution < -0.4 is 19.7 Å². The standard InChI is InChI=1S/C47H54ClN7O7S/c1-46(2)18-17-33(38(27-46)32-7-9-34(48)10-8-32)30-53-21-23-54(24-22-53)35-11-13-37(44(25-35)62-43-6-4-5-40-39(43)29-50-51-40)45(56)52-63(60,61)36-12-14-41(42(26-36)55(58)59)49-28-31-15-19-47(3,57)20-16-31/h4-14,25-26,29,31,49,57H,15-24,27-28,30H2,1-3H3,(H,50,51)(H,52,56)/t31-,47-. The van der Waals surface area contributed by atoms with Gasteiger partial charge in [0, 0.05) is 62.1 Å². The van der Waals surface area contributed by atoms with Crippen LogP contribution in [0.25, 0.3) is 16.5 Å². The van der Waals surface area contributed by atoms with Gasteiger partial charge in [0.1, 0.15) is 17.2 Å². The summed E-state index contributed by atoms with van der Waals surface area (Å²) in [6, 6.07) is 22.1. The zero-order chi connectivity index (χ0) is 44.5. The molecule has 0 radical (unpaired) electrons. The molecule has 1 aliphatic heterocycles. The Labute approximate surface area is 372 Å². The van der Waals surface area contributed by atoms with E-state index < -0.39 is 37.0 Å². The summed E-state index contributed by atoms with van der Waals surface area (Å²) in [5.41, 5.74) is 4.83. The van der Waals surface area contributed by atoms with Crippen LogP contribution in [0.2, 0.25) is 5.02 Å². The van der Waals surface area contributed by atoms with Crippen LogP contribution >= 0.6 is 11.6 Å². The number of fused-ring (bicyclic) bond motifs is 1. The number of anilines is 2. The van der Waals surface area contributed by atoms with Gasteiger partial charge in [0.05, 0.1) is 38.1 Å². The van der Waals surface area contributed by atoms with Crippen molar-refractivity contribution < 1.29 is 28.0 Å². The summed E-state index contributed by atoms with van der Waals surface area (Å²) in [6.07, 6.45) is 7.59. The predicted molar refractivity (Wildman–Crippen MR) is 246 cm³/mol. The summed E-state index contributed by atoms with van der Waals surface area (Å²) < 4.78 is 36.0. The van der Waals surface area contributed by atoms with E-state index in [1.54, 1.807) is 36.5 Å². The number of nitro benzene ring substituents is 1. The van der Waals surface area contributed by atoms with Gasteiger partial charge < -0.3 is 20.1 Å². The lowest BCUT2D eigenvalue weighted by molar-refractivity contribution is -0.384. The molecule has 4 N–H and O–H groups in total. The number of benzene rings is 4. The number of halogens is 1. The molecular formula is C47H54ClN7O7S. The zero-order valence-electron chi connectivity index (χ0n) is 35.8. The fraction of sp³-hybridized carbons (Fsp3) is 0.404. The summed E-state index contributed by atoms with van der Waals surface area (Å²) in [4.78, 5) is 29.8. The number of allylic oxidation sites excluding steroid dienone is 1. The number of aromatic amines is 1. The summed E-state index contributed by atoms with van der Waals surface area (Å²) >= 11 is 6.24. The van der Waals surface area contributed by atoms with Gasteiger partial charge in [-0.25, -0.2) is 13.1 Å². The highest BCUT2D eigenvalue weighted by atomic mass is 35.5. The predicted octanol–water partition coefficient (Wildman–Crippen LogP) is 9.17. The molecule has 1 saturated heterocycles. The fourth-order valence-electron chi connectivity index (χ4n) is 9.00. The van der Waals surface area contributed by atoms with Crippen molar-refractivity contribution in [1.82, 2.24) is 19.8 Å². The van der Waals surface area contributed by atoms with Gasteiger partial charge in [0.2, 0.25) is 0 Å². The van der Waals surface area contributed by atoms with Crippen molar-refractivity contribution in [2.24, 2.45) is 11.3 Å². The number of carbonyl (C=O) groups is 1. The second kappa shape index (κ2) is 17.9. The Morgan fingerprint density at radius 3 is 2.46 bits per heavy atom. The smallest absolute Gasteiger partial charge is 0.293 e. The molecule has 16 heteroatoms. The van der Waals surface area contributed by atoms with E-state index in [0.29, 0.717) is 30.5 Å². The minimum Gasteiger partial charge on any atom is -0.456 e. The van der Waals surface area contributed by atoms with Gasteiger partial charge in [0.25, 0.3) is 21.6 Å². The van der Waals surface area contributed by atoms with Crippen LogP contribution in [-0.2, 0) is 10.0 Å². The Morgan fingerprint density at radius 1 is 0.984 bits per heavy atom. The van der Waals surface area contributed by atoms with Gasteiger partial charge >= 0.3 is 0 Å². The number of carbonyl (C=O) groups excluding carboxylic acids is 1. The molecule has 4 aromatic carbocycles. The van der Waals surface area contributed by atoms with Crippen LogP contribution in [0.3, 0.4) is 0 Å². The molecular weight excluding hydrogens is 842 g/mol. The normalized spacial score (nSPS) is 20.7. The molecule has 1 amide bonds. The SMILES string of the molecule is CC1(C)CCC(CN2CCN(c3ccc(C(=O)NS(=O)(=O)c4ccc(NC[C@H]5CC[C@](C)(O)CC5)c([N+](=O)[O-])c4)c(Oc4cccc5[nH]ncc45)c3)CC2)=C(c2ccc(Cl)cc2)C1. The number of nitrogens with zero attached hydrogens (tertiary/aromatic N) is 4. The Balaban J connectivity index is 1.00. The molecule has 0 atom stereocenters. The van der Waals surface area contributed by atoms with Gasteiger partial charge in [-0.15, -0.1) is 0 Å². The van der Waals surface area contributed by atoms with Crippen LogP contribution in [-0.4, -0.2) is 84.3 Å². The Kier molecular flexibility index (Phi) is 12.6. The Morgan fingerprint density at radius 2 is 1.73 bits per heavy atom. The fourth-order valence-corrected chi connectivity index (χ4v) is 10.1. The van der Waals surface area contributed by atoms with Crippen molar-refractivity contribution in [2.45, 2.75) is 76.2 Å². The largest absolute Gasteiger partial charge is 0.456 e. The van der Waals surface area contributed by atoms with Gasteiger partial charge in [0.15, 0.2) is 0 Å². The molecule has 3 aliphatic rings. The van der Waals surface area contributed by atoms with Crippen molar-refractivity contribution in [1.29, 1.82) is 0 Å². The molecule has 1 saturated carbocycles. The number of rotatable bonds is 13. The minimum atomic E-state index is -4.58. The Hall–Kier alpha value is -5.48. The maximum atomic E-state index is 14.0. The van der Waals surface area contributed by atoms with E-state index in [-0.39, 0.29) is 28.3 Å². The topological polar surface area (TPSA) is 183 Å². The number of aromatic nitrogens is 2. The molecule has 8 rings (SSSR count). The van der Waals surface area contributed by atoms with Crippen molar-refractivity contribution in [2.75, 3.05) is 49.5 Å². The number of sulfonamides is 1. The third kappa shape index (κ3) is 10.3. The molecule has 0 unspecified atom stereocenters. The lowest BCUT2D eigenvalue weighted by Gasteiger charge is -2.39. The van der Waals surface area contributed by atoms with E-state index in [4.69, 9.17) is 16.3 Å². The summed E-state index contributed by atoms with van der Waals surface area (Å²) in [5.74, 6) is -0.210. The third-order valence-electron chi connectivity index (χ3n) is 12.9. The minimum absolute atomic E-state index is 0.0393. The number of ether oxygens (including phenoxy) is 1. The summed E-state index contributed by atoms with van der Waals surface area (Å²) in [5, 5.41) is 34.0. The van der Waals surface area contributed by atoms with E-state index in [0.717, 1.165) is 87.1 Å². The first-order chi connectivity index (χ1) is 30.0. The lowest BCUT2D eigenvalue weighted by Crippen LogP contribution is -2.47. The zero-order valence-corrected chi connectivity index (χ0v) is 37.4. The highest BCUT2D eigenvalue weighted by Crippen LogP contribution is 2.44. The average Bonchev–Trinajstić information content (AvgIpc) is 3.74. The van der Waals surface area contributed by atoms with E-state index in [1.807, 2.05) is 25.1 Å². The molecule has 2 aliphatic carbocycles. The van der Waals surface area contributed by atoms with Crippen LogP contribution in [0.4, 0.5) is 17.1 Å². The monoisotopic (exact) mass is 895 g/mol. The molecule has 1 aromatic heterocycles. The van der Waals surface area contributed by atoms with E-state index in [1.165, 1.54) is 28.8 Å². The highest BCUT2D eigenvalue weighted by molar-refractivity contribution is 7.90. The van der Waals surface area contributed by atoms with Gasteiger partial charge in [-0.3, -0.25) is 24.9 Å². The number of hydrogen-bond donors (Lipinski definition) is 4. The van der Waals surface area contributed by atoms with Crippen molar-refractivity contribution in [3.05, 3.63) is 117 Å².